The lowest BCUT2D eigenvalue weighted by Gasteiger charge is -1.98. The fourth-order valence-electron chi connectivity index (χ4n) is 0.864. The average molecular weight is 202 g/mol. The van der Waals surface area contributed by atoms with E-state index < -0.39 is 0 Å². The van der Waals surface area contributed by atoms with Gasteiger partial charge >= 0.3 is 0 Å². The summed E-state index contributed by atoms with van der Waals surface area (Å²) in [5.41, 5.74) is 0. The lowest BCUT2D eigenvalue weighted by molar-refractivity contribution is 0.565. The van der Waals surface area contributed by atoms with Gasteiger partial charge in [-0.3, -0.25) is 0 Å². The Morgan fingerprint density at radius 1 is 1.67 bits per heavy atom. The van der Waals surface area contributed by atoms with Gasteiger partial charge in [0.15, 0.2) is 0 Å². The van der Waals surface area contributed by atoms with Gasteiger partial charge in [0, 0.05) is 4.88 Å². The number of isocyanates is 1. The molecule has 0 aromatic carbocycles. The van der Waals surface area contributed by atoms with Gasteiger partial charge in [0.2, 0.25) is 6.08 Å². The van der Waals surface area contributed by atoms with Crippen LogP contribution in [0.25, 0.3) is 0 Å². The van der Waals surface area contributed by atoms with Gasteiger partial charge in [-0.2, -0.15) is 4.99 Å². The molecule has 0 aliphatic rings. The van der Waals surface area contributed by atoms with E-state index in [0.717, 1.165) is 4.88 Å². The highest BCUT2D eigenvalue weighted by Gasteiger charge is 2.09. The van der Waals surface area contributed by atoms with Crippen LogP contribution in [-0.2, 0) is 4.79 Å². The largest absolute Gasteiger partial charge is 0.241 e. The highest BCUT2D eigenvalue weighted by Crippen LogP contribution is 2.37. The minimum atomic E-state index is 0.373. The van der Waals surface area contributed by atoms with Crippen molar-refractivity contribution in [1.82, 2.24) is 0 Å². The second kappa shape index (κ2) is 3.85. The monoisotopic (exact) mass is 201 g/mol. The van der Waals surface area contributed by atoms with Crippen LogP contribution in [0, 0.1) is 0 Å². The van der Waals surface area contributed by atoms with Crippen molar-refractivity contribution in [2.24, 2.45) is 4.99 Å². The van der Waals surface area contributed by atoms with Gasteiger partial charge in [-0.1, -0.05) is 25.4 Å². The number of aliphatic imine (C=N–C) groups is 1. The minimum absolute atomic E-state index is 0.373. The summed E-state index contributed by atoms with van der Waals surface area (Å²) < 4.78 is 0. The summed E-state index contributed by atoms with van der Waals surface area (Å²) in [4.78, 5) is 14.5. The topological polar surface area (TPSA) is 29.4 Å². The van der Waals surface area contributed by atoms with Gasteiger partial charge in [0.1, 0.15) is 5.00 Å². The molecule has 0 aliphatic heterocycles. The molecule has 0 saturated heterocycles. The second-order valence-electron chi connectivity index (χ2n) is 2.65. The number of rotatable bonds is 2. The van der Waals surface area contributed by atoms with Crippen molar-refractivity contribution in [3.63, 3.8) is 0 Å². The molecule has 2 nitrogen and oxygen atoms in total. The van der Waals surface area contributed by atoms with E-state index in [0.29, 0.717) is 15.9 Å². The third-order valence-corrected chi connectivity index (χ3v) is 3.13. The fourth-order valence-corrected chi connectivity index (χ4v) is 2.24. The van der Waals surface area contributed by atoms with Gasteiger partial charge < -0.3 is 0 Å². The normalized spacial score (nSPS) is 10.0. The summed E-state index contributed by atoms with van der Waals surface area (Å²) in [6, 6.07) is 1.69. The Labute approximate surface area is 79.9 Å². The molecule has 0 radical (unpaired) electrons. The van der Waals surface area contributed by atoms with Crippen LogP contribution in [-0.4, -0.2) is 6.08 Å². The summed E-state index contributed by atoms with van der Waals surface area (Å²) in [5.74, 6) is 0.373. The molecule has 0 unspecified atom stereocenters. The van der Waals surface area contributed by atoms with E-state index in [4.69, 9.17) is 11.6 Å². The molecule has 0 saturated carbocycles. The lowest BCUT2D eigenvalue weighted by Crippen LogP contribution is -1.79. The Balaban J connectivity index is 3.08. The van der Waals surface area contributed by atoms with Gasteiger partial charge in [-0.15, -0.1) is 11.3 Å². The van der Waals surface area contributed by atoms with Crippen molar-refractivity contribution in [3.8, 4) is 0 Å². The van der Waals surface area contributed by atoms with Gasteiger partial charge in [0.05, 0.1) is 5.02 Å². The van der Waals surface area contributed by atoms with E-state index in [1.165, 1.54) is 17.4 Å². The van der Waals surface area contributed by atoms with Gasteiger partial charge in [-0.05, 0) is 12.0 Å². The number of nitrogens with zero attached hydrogens (tertiary/aromatic N) is 1. The van der Waals surface area contributed by atoms with E-state index in [1.54, 1.807) is 6.07 Å². The Kier molecular flexibility index (Phi) is 3.04. The third kappa shape index (κ3) is 1.95. The molecule has 0 amide bonds. The minimum Gasteiger partial charge on any atom is -0.211 e. The second-order valence-corrected chi connectivity index (χ2v) is 4.12. The van der Waals surface area contributed by atoms with Crippen molar-refractivity contribution in [3.05, 3.63) is 16.0 Å². The molecule has 64 valence electrons. The van der Waals surface area contributed by atoms with Crippen LogP contribution in [0.1, 0.15) is 24.6 Å². The first-order chi connectivity index (χ1) is 5.65. The summed E-state index contributed by atoms with van der Waals surface area (Å²) in [6.07, 6.45) is 1.49. The van der Waals surface area contributed by atoms with Crippen molar-refractivity contribution >= 4 is 34.0 Å². The van der Waals surface area contributed by atoms with E-state index >= 15 is 0 Å². The van der Waals surface area contributed by atoms with Crippen LogP contribution in [0.2, 0.25) is 5.02 Å². The maximum atomic E-state index is 9.94. The van der Waals surface area contributed by atoms with Crippen molar-refractivity contribution in [2.75, 3.05) is 0 Å². The zero-order chi connectivity index (χ0) is 9.14. The molecular formula is C8H8ClNOS. The first kappa shape index (κ1) is 9.46. The number of hydrogen-bond acceptors (Lipinski definition) is 3. The molecule has 0 N–H and O–H groups in total. The van der Waals surface area contributed by atoms with E-state index in [9.17, 15) is 4.79 Å². The summed E-state index contributed by atoms with van der Waals surface area (Å²) in [6.45, 7) is 4.10. The Morgan fingerprint density at radius 3 is 2.75 bits per heavy atom. The molecule has 1 aromatic heterocycles. The SMILES string of the molecule is CC(C)c1sc(N=C=O)cc1Cl. The molecule has 0 atom stereocenters. The maximum Gasteiger partial charge on any atom is 0.241 e. The van der Waals surface area contributed by atoms with E-state index in [-0.39, 0.29) is 0 Å². The summed E-state index contributed by atoms with van der Waals surface area (Å²) in [7, 11) is 0. The van der Waals surface area contributed by atoms with Crippen molar-refractivity contribution in [1.29, 1.82) is 0 Å². The molecule has 0 spiro atoms. The van der Waals surface area contributed by atoms with Crippen molar-refractivity contribution < 1.29 is 4.79 Å². The predicted molar refractivity (Wildman–Crippen MR) is 51.2 cm³/mol. The van der Waals surface area contributed by atoms with Crippen LogP contribution in [0.5, 0.6) is 0 Å². The first-order valence-electron chi connectivity index (χ1n) is 3.52. The molecule has 12 heavy (non-hydrogen) atoms. The van der Waals surface area contributed by atoms with Gasteiger partial charge in [-0.25, -0.2) is 4.79 Å². The zero-order valence-electron chi connectivity index (χ0n) is 6.80. The lowest BCUT2D eigenvalue weighted by atomic mass is 10.2. The molecule has 4 heteroatoms. The Morgan fingerprint density at radius 2 is 2.33 bits per heavy atom. The first-order valence-corrected chi connectivity index (χ1v) is 4.71. The molecule has 0 bridgehead atoms. The Bertz CT molecular complexity index is 326. The van der Waals surface area contributed by atoms with Gasteiger partial charge in [0.25, 0.3) is 0 Å². The molecule has 0 fully saturated rings. The van der Waals surface area contributed by atoms with Crippen LogP contribution in [0.4, 0.5) is 5.00 Å². The average Bonchev–Trinajstić information content (AvgIpc) is 2.32. The molecule has 1 rings (SSSR count). The van der Waals surface area contributed by atoms with Crippen LogP contribution in [0.3, 0.4) is 0 Å². The summed E-state index contributed by atoms with van der Waals surface area (Å²) in [5, 5.41) is 1.31. The van der Waals surface area contributed by atoms with E-state index in [2.05, 4.69) is 4.99 Å². The number of carbonyl (C=O) groups excluding carboxylic acids is 1. The maximum absolute atomic E-state index is 9.94. The smallest absolute Gasteiger partial charge is 0.211 e. The summed E-state index contributed by atoms with van der Waals surface area (Å²) >= 11 is 7.33. The number of hydrogen-bond donors (Lipinski definition) is 0. The van der Waals surface area contributed by atoms with E-state index in [1.807, 2.05) is 13.8 Å². The number of halogens is 1. The zero-order valence-corrected chi connectivity index (χ0v) is 8.37. The highest BCUT2D eigenvalue weighted by molar-refractivity contribution is 7.16. The molecular weight excluding hydrogens is 194 g/mol. The predicted octanol–water partition coefficient (Wildman–Crippen LogP) is 3.49. The standard InChI is InChI=1S/C8H8ClNOS/c1-5(2)8-6(9)3-7(12-8)10-4-11/h3,5H,1-2H3. The molecule has 0 aliphatic carbocycles. The Hall–Kier alpha value is -0.630. The van der Waals surface area contributed by atoms with Crippen molar-refractivity contribution in [2.45, 2.75) is 19.8 Å². The number of thiophene rings is 1. The highest BCUT2D eigenvalue weighted by atomic mass is 35.5. The molecule has 1 heterocycles. The fraction of sp³-hybridized carbons (Fsp3) is 0.375. The quantitative estimate of drug-likeness (QED) is 0.532. The van der Waals surface area contributed by atoms with Crippen LogP contribution < -0.4 is 0 Å². The van der Waals surface area contributed by atoms with Crippen LogP contribution >= 0.6 is 22.9 Å². The van der Waals surface area contributed by atoms with Crippen LogP contribution in [0.15, 0.2) is 11.1 Å². The molecule has 1 aromatic rings. The third-order valence-electron chi connectivity index (χ3n) is 1.38.